The molecule has 0 aromatic rings. The van der Waals surface area contributed by atoms with Crippen LogP contribution in [-0.4, -0.2) is 48.4 Å². The number of carbonyl (C=O) groups excluding carboxylic acids is 3. The van der Waals surface area contributed by atoms with Crippen molar-refractivity contribution in [1.29, 1.82) is 0 Å². The Kier molecular flexibility index (Phi) is 8.59. The maximum atomic E-state index is 12.5. The highest BCUT2D eigenvalue weighted by molar-refractivity contribution is 5.89. The molecule has 0 rings (SSSR count). The number of amides is 2. The van der Waals surface area contributed by atoms with Crippen molar-refractivity contribution in [3.63, 3.8) is 0 Å². The van der Waals surface area contributed by atoms with E-state index in [-0.39, 0.29) is 30.9 Å². The van der Waals surface area contributed by atoms with E-state index >= 15 is 0 Å². The van der Waals surface area contributed by atoms with Gasteiger partial charge in [-0.1, -0.05) is 20.8 Å². The molecule has 0 aliphatic carbocycles. The number of esters is 1. The third kappa shape index (κ3) is 6.54. The number of ether oxygens (including phenoxy) is 1. The van der Waals surface area contributed by atoms with Crippen molar-refractivity contribution in [3.8, 4) is 0 Å². The number of hydrogen-bond acceptors (Lipinski definition) is 4. The first-order chi connectivity index (χ1) is 9.33. The predicted octanol–water partition coefficient (Wildman–Crippen LogP) is 0.949. The second kappa shape index (κ2) is 9.34. The average Bonchev–Trinajstić information content (AvgIpc) is 2.34. The van der Waals surface area contributed by atoms with Crippen molar-refractivity contribution in [2.45, 2.75) is 47.1 Å². The lowest BCUT2D eigenvalue weighted by Gasteiger charge is -2.28. The molecule has 0 bridgehead atoms. The van der Waals surface area contributed by atoms with E-state index in [1.54, 1.807) is 6.92 Å². The third-order valence-electron chi connectivity index (χ3n) is 2.72. The fourth-order valence-electron chi connectivity index (χ4n) is 1.83. The number of nitrogens with zero attached hydrogens (tertiary/aromatic N) is 1. The minimum absolute atomic E-state index is 0.0482. The van der Waals surface area contributed by atoms with Gasteiger partial charge in [-0.05, 0) is 19.3 Å². The first-order valence-corrected chi connectivity index (χ1v) is 7.04. The van der Waals surface area contributed by atoms with Gasteiger partial charge < -0.3 is 15.0 Å². The Labute approximate surface area is 120 Å². The smallest absolute Gasteiger partial charge is 0.325 e. The van der Waals surface area contributed by atoms with Crippen LogP contribution < -0.4 is 5.32 Å². The Balaban J connectivity index is 4.89. The predicted molar refractivity (Wildman–Crippen MR) is 75.9 cm³/mol. The van der Waals surface area contributed by atoms with Crippen molar-refractivity contribution in [2.75, 3.05) is 19.7 Å². The van der Waals surface area contributed by atoms with Gasteiger partial charge in [0.15, 0.2) is 0 Å². The van der Waals surface area contributed by atoms with Gasteiger partial charge in [0.2, 0.25) is 11.8 Å². The van der Waals surface area contributed by atoms with E-state index in [0.717, 1.165) is 6.42 Å². The lowest BCUT2D eigenvalue weighted by Crippen LogP contribution is -2.52. The molecule has 0 aromatic heterocycles. The third-order valence-corrected chi connectivity index (χ3v) is 2.72. The molecule has 2 amide bonds. The van der Waals surface area contributed by atoms with Crippen LogP contribution in [0.15, 0.2) is 0 Å². The Bertz CT molecular complexity index is 342. The van der Waals surface area contributed by atoms with Gasteiger partial charge in [0.25, 0.3) is 0 Å². The summed E-state index contributed by atoms with van der Waals surface area (Å²) in [6.45, 7) is 9.39. The summed E-state index contributed by atoms with van der Waals surface area (Å²) in [5.41, 5.74) is 0. The Morgan fingerprint density at radius 1 is 1.20 bits per heavy atom. The van der Waals surface area contributed by atoms with Crippen LogP contribution in [0.2, 0.25) is 0 Å². The number of nitrogens with one attached hydrogen (secondary N) is 1. The van der Waals surface area contributed by atoms with E-state index in [9.17, 15) is 14.4 Å². The molecule has 20 heavy (non-hydrogen) atoms. The van der Waals surface area contributed by atoms with Crippen LogP contribution in [0, 0.1) is 5.92 Å². The topological polar surface area (TPSA) is 75.7 Å². The molecule has 1 unspecified atom stereocenters. The quantitative estimate of drug-likeness (QED) is 0.674. The molecule has 0 aromatic carbocycles. The molecule has 0 radical (unpaired) electrons. The summed E-state index contributed by atoms with van der Waals surface area (Å²) in [4.78, 5) is 36.6. The molecule has 0 heterocycles. The van der Waals surface area contributed by atoms with E-state index in [1.165, 1.54) is 11.8 Å². The molecule has 0 spiro atoms. The van der Waals surface area contributed by atoms with Crippen LogP contribution in [-0.2, 0) is 19.1 Å². The van der Waals surface area contributed by atoms with Crippen molar-refractivity contribution in [1.82, 2.24) is 10.2 Å². The zero-order valence-electron chi connectivity index (χ0n) is 13.1. The van der Waals surface area contributed by atoms with Gasteiger partial charge in [0.05, 0.1) is 6.61 Å². The summed E-state index contributed by atoms with van der Waals surface area (Å²) >= 11 is 0. The molecule has 1 N–H and O–H groups in total. The van der Waals surface area contributed by atoms with E-state index < -0.39 is 12.0 Å². The normalized spacial score (nSPS) is 11.9. The van der Waals surface area contributed by atoms with Gasteiger partial charge in [-0.15, -0.1) is 0 Å². The van der Waals surface area contributed by atoms with Crippen LogP contribution in [0.5, 0.6) is 0 Å². The Morgan fingerprint density at radius 2 is 1.80 bits per heavy atom. The zero-order chi connectivity index (χ0) is 15.7. The summed E-state index contributed by atoms with van der Waals surface area (Å²) < 4.78 is 4.87. The summed E-state index contributed by atoms with van der Waals surface area (Å²) in [6, 6.07) is -0.617. The molecule has 0 aliphatic heterocycles. The lowest BCUT2D eigenvalue weighted by atomic mass is 10.0. The van der Waals surface area contributed by atoms with E-state index in [2.05, 4.69) is 5.32 Å². The van der Waals surface area contributed by atoms with Crippen molar-refractivity contribution in [2.24, 2.45) is 5.92 Å². The van der Waals surface area contributed by atoms with Crippen LogP contribution in [0.3, 0.4) is 0 Å². The molecule has 6 nitrogen and oxygen atoms in total. The molecule has 1 atom stereocenters. The Morgan fingerprint density at radius 3 is 2.20 bits per heavy atom. The van der Waals surface area contributed by atoms with Gasteiger partial charge in [0.1, 0.15) is 12.6 Å². The van der Waals surface area contributed by atoms with Crippen LogP contribution >= 0.6 is 0 Å². The van der Waals surface area contributed by atoms with Crippen LogP contribution in [0.25, 0.3) is 0 Å². The number of hydrogen-bond donors (Lipinski definition) is 1. The summed E-state index contributed by atoms with van der Waals surface area (Å²) in [5.74, 6) is -0.984. The number of rotatable bonds is 8. The number of carbonyl (C=O) groups is 3. The maximum absolute atomic E-state index is 12.5. The molecular formula is C14H26N2O4. The van der Waals surface area contributed by atoms with Gasteiger partial charge in [-0.25, -0.2) is 0 Å². The van der Waals surface area contributed by atoms with Crippen LogP contribution in [0.4, 0.5) is 0 Å². The van der Waals surface area contributed by atoms with E-state index in [0.29, 0.717) is 6.54 Å². The molecule has 0 saturated heterocycles. The van der Waals surface area contributed by atoms with E-state index in [4.69, 9.17) is 4.74 Å². The fraction of sp³-hybridized carbons (Fsp3) is 0.786. The highest BCUT2D eigenvalue weighted by Crippen LogP contribution is 2.07. The Hall–Kier alpha value is -1.59. The van der Waals surface area contributed by atoms with Crippen molar-refractivity contribution >= 4 is 17.8 Å². The zero-order valence-corrected chi connectivity index (χ0v) is 13.1. The van der Waals surface area contributed by atoms with Crippen LogP contribution in [0.1, 0.15) is 41.0 Å². The SMILES string of the molecule is CCCN(CC(=O)OCC)C(=O)C(NC(C)=O)C(C)C. The van der Waals surface area contributed by atoms with Gasteiger partial charge in [0, 0.05) is 13.5 Å². The summed E-state index contributed by atoms with van der Waals surface area (Å²) in [5, 5.41) is 2.64. The van der Waals surface area contributed by atoms with Crippen molar-refractivity contribution in [3.05, 3.63) is 0 Å². The highest BCUT2D eigenvalue weighted by atomic mass is 16.5. The molecule has 116 valence electrons. The summed E-state index contributed by atoms with van der Waals surface area (Å²) in [6.07, 6.45) is 0.732. The minimum Gasteiger partial charge on any atom is -0.465 e. The molecule has 6 heteroatoms. The largest absolute Gasteiger partial charge is 0.465 e. The standard InChI is InChI=1S/C14H26N2O4/c1-6-8-16(9-12(18)20-7-2)14(19)13(10(3)4)15-11(5)17/h10,13H,6-9H2,1-5H3,(H,15,17). The van der Waals surface area contributed by atoms with Gasteiger partial charge in [-0.3, -0.25) is 14.4 Å². The van der Waals surface area contributed by atoms with Gasteiger partial charge >= 0.3 is 5.97 Å². The molecular weight excluding hydrogens is 260 g/mol. The fourth-order valence-corrected chi connectivity index (χ4v) is 1.83. The molecule has 0 fully saturated rings. The molecule has 0 aliphatic rings. The maximum Gasteiger partial charge on any atom is 0.325 e. The average molecular weight is 286 g/mol. The second-order valence-electron chi connectivity index (χ2n) is 4.99. The first kappa shape index (κ1) is 18.4. The lowest BCUT2D eigenvalue weighted by molar-refractivity contribution is -0.150. The van der Waals surface area contributed by atoms with E-state index in [1.807, 2.05) is 20.8 Å². The second-order valence-corrected chi connectivity index (χ2v) is 4.99. The molecule has 0 saturated carbocycles. The minimum atomic E-state index is -0.617. The van der Waals surface area contributed by atoms with Gasteiger partial charge in [-0.2, -0.15) is 0 Å². The first-order valence-electron chi connectivity index (χ1n) is 7.04. The van der Waals surface area contributed by atoms with Crippen molar-refractivity contribution < 1.29 is 19.1 Å². The summed E-state index contributed by atoms with van der Waals surface area (Å²) in [7, 11) is 0. The highest BCUT2D eigenvalue weighted by Gasteiger charge is 2.28. The monoisotopic (exact) mass is 286 g/mol.